The Kier molecular flexibility index (Phi) is 4.99. The van der Waals surface area contributed by atoms with Crippen LogP contribution in [0.2, 0.25) is 0 Å². The summed E-state index contributed by atoms with van der Waals surface area (Å²) >= 11 is 0. The van der Waals surface area contributed by atoms with Gasteiger partial charge in [-0.05, 0) is 70.7 Å². The van der Waals surface area contributed by atoms with Gasteiger partial charge in [-0.2, -0.15) is 0 Å². The lowest BCUT2D eigenvalue weighted by Crippen LogP contribution is -2.38. The van der Waals surface area contributed by atoms with Gasteiger partial charge in [-0.15, -0.1) is 0 Å². The number of hydrogen-bond donors (Lipinski definition) is 0. The zero-order valence-electron chi connectivity index (χ0n) is 14.3. The standard InChI is InChI=1S/C18H27NO3/c1-13(2)21-16-7-6-14-8-10-19(11-9-15(14)12-16)17(20)22-18(3,4)5/h6-7,12-13H,8-11H2,1-5H3. The van der Waals surface area contributed by atoms with Crippen molar-refractivity contribution in [3.63, 3.8) is 0 Å². The SMILES string of the molecule is CC(C)Oc1ccc2c(c1)CCN(C(=O)OC(C)(C)C)CC2. The number of fused-ring (bicyclic) bond motifs is 1. The summed E-state index contributed by atoms with van der Waals surface area (Å²) in [5.74, 6) is 0.902. The smallest absolute Gasteiger partial charge is 0.410 e. The van der Waals surface area contributed by atoms with Crippen molar-refractivity contribution in [2.45, 2.75) is 59.2 Å². The summed E-state index contributed by atoms with van der Waals surface area (Å²) in [4.78, 5) is 14.0. The molecule has 0 fully saturated rings. The molecule has 4 nitrogen and oxygen atoms in total. The number of rotatable bonds is 2. The second kappa shape index (κ2) is 6.59. The third kappa shape index (κ3) is 4.65. The van der Waals surface area contributed by atoms with Gasteiger partial charge in [0, 0.05) is 13.1 Å². The van der Waals surface area contributed by atoms with Crippen LogP contribution in [0, 0.1) is 0 Å². The molecule has 1 aliphatic heterocycles. The van der Waals surface area contributed by atoms with E-state index in [1.807, 2.05) is 40.7 Å². The van der Waals surface area contributed by atoms with Crippen molar-refractivity contribution >= 4 is 6.09 Å². The maximum absolute atomic E-state index is 12.2. The fourth-order valence-corrected chi connectivity index (χ4v) is 2.56. The lowest BCUT2D eigenvalue weighted by molar-refractivity contribution is 0.0258. The summed E-state index contributed by atoms with van der Waals surface area (Å²) in [5, 5.41) is 0. The highest BCUT2D eigenvalue weighted by molar-refractivity contribution is 5.68. The number of carbonyl (C=O) groups is 1. The van der Waals surface area contributed by atoms with Crippen molar-refractivity contribution in [3.8, 4) is 5.75 Å². The van der Waals surface area contributed by atoms with Crippen LogP contribution < -0.4 is 4.74 Å². The molecule has 0 N–H and O–H groups in total. The summed E-state index contributed by atoms with van der Waals surface area (Å²) in [7, 11) is 0. The molecule has 0 aliphatic carbocycles. The molecule has 0 unspecified atom stereocenters. The number of nitrogens with zero attached hydrogens (tertiary/aromatic N) is 1. The fourth-order valence-electron chi connectivity index (χ4n) is 2.56. The molecular weight excluding hydrogens is 278 g/mol. The minimum atomic E-state index is -0.450. The van der Waals surface area contributed by atoms with E-state index in [4.69, 9.17) is 9.47 Å². The van der Waals surface area contributed by atoms with E-state index in [1.165, 1.54) is 11.1 Å². The minimum Gasteiger partial charge on any atom is -0.491 e. The van der Waals surface area contributed by atoms with E-state index in [0.29, 0.717) is 13.1 Å². The molecule has 22 heavy (non-hydrogen) atoms. The van der Waals surface area contributed by atoms with Gasteiger partial charge in [0.2, 0.25) is 0 Å². The highest BCUT2D eigenvalue weighted by Gasteiger charge is 2.24. The van der Waals surface area contributed by atoms with Crippen LogP contribution in [0.15, 0.2) is 18.2 Å². The largest absolute Gasteiger partial charge is 0.491 e. The van der Waals surface area contributed by atoms with Gasteiger partial charge in [-0.25, -0.2) is 4.79 Å². The average Bonchev–Trinajstić information content (AvgIpc) is 2.58. The van der Waals surface area contributed by atoms with E-state index in [1.54, 1.807) is 4.90 Å². The van der Waals surface area contributed by atoms with Crippen LogP contribution >= 0.6 is 0 Å². The first-order chi connectivity index (χ1) is 10.2. The number of hydrogen-bond acceptors (Lipinski definition) is 3. The highest BCUT2D eigenvalue weighted by atomic mass is 16.6. The first kappa shape index (κ1) is 16.7. The Morgan fingerprint density at radius 3 is 2.36 bits per heavy atom. The summed E-state index contributed by atoms with van der Waals surface area (Å²) in [5.41, 5.74) is 2.11. The van der Waals surface area contributed by atoms with Crippen molar-refractivity contribution in [2.75, 3.05) is 13.1 Å². The fraction of sp³-hybridized carbons (Fsp3) is 0.611. The lowest BCUT2D eigenvalue weighted by atomic mass is 10.0. The average molecular weight is 305 g/mol. The van der Waals surface area contributed by atoms with E-state index >= 15 is 0 Å². The maximum atomic E-state index is 12.2. The Labute approximate surface area is 133 Å². The van der Waals surface area contributed by atoms with E-state index in [9.17, 15) is 4.79 Å². The van der Waals surface area contributed by atoms with Crippen molar-refractivity contribution < 1.29 is 14.3 Å². The molecule has 1 aliphatic rings. The molecule has 0 aromatic heterocycles. The van der Waals surface area contributed by atoms with E-state index in [-0.39, 0.29) is 12.2 Å². The van der Waals surface area contributed by atoms with Gasteiger partial charge in [0.15, 0.2) is 0 Å². The first-order valence-corrected chi connectivity index (χ1v) is 8.01. The Balaban J connectivity index is 2.05. The van der Waals surface area contributed by atoms with Gasteiger partial charge in [0.05, 0.1) is 6.10 Å². The monoisotopic (exact) mass is 305 g/mol. The zero-order chi connectivity index (χ0) is 16.3. The van der Waals surface area contributed by atoms with Crippen LogP contribution in [0.5, 0.6) is 5.75 Å². The predicted octanol–water partition coefficient (Wildman–Crippen LogP) is 3.81. The topological polar surface area (TPSA) is 38.8 Å². The molecule has 0 bridgehead atoms. The Hall–Kier alpha value is -1.71. The van der Waals surface area contributed by atoms with Crippen LogP contribution in [0.1, 0.15) is 45.7 Å². The van der Waals surface area contributed by atoms with E-state index in [2.05, 4.69) is 12.1 Å². The van der Waals surface area contributed by atoms with Crippen molar-refractivity contribution in [3.05, 3.63) is 29.3 Å². The predicted molar refractivity (Wildman–Crippen MR) is 87.4 cm³/mol. The molecule has 122 valence electrons. The normalized spacial score (nSPS) is 15.3. The number of benzene rings is 1. The van der Waals surface area contributed by atoms with Gasteiger partial charge in [-0.1, -0.05) is 6.07 Å². The van der Waals surface area contributed by atoms with Crippen LogP contribution in [-0.2, 0) is 17.6 Å². The quantitative estimate of drug-likeness (QED) is 0.834. The highest BCUT2D eigenvalue weighted by Crippen LogP contribution is 2.23. The van der Waals surface area contributed by atoms with Crippen LogP contribution in [0.3, 0.4) is 0 Å². The summed E-state index contributed by atoms with van der Waals surface area (Å²) < 4.78 is 11.2. The van der Waals surface area contributed by atoms with E-state index in [0.717, 1.165) is 18.6 Å². The van der Waals surface area contributed by atoms with Gasteiger partial charge < -0.3 is 14.4 Å². The van der Waals surface area contributed by atoms with Gasteiger partial charge in [0.1, 0.15) is 11.4 Å². The van der Waals surface area contributed by atoms with Gasteiger partial charge in [-0.3, -0.25) is 0 Å². The van der Waals surface area contributed by atoms with Crippen LogP contribution in [0.25, 0.3) is 0 Å². The first-order valence-electron chi connectivity index (χ1n) is 8.01. The van der Waals surface area contributed by atoms with Crippen molar-refractivity contribution in [1.29, 1.82) is 0 Å². The Morgan fingerprint density at radius 1 is 1.14 bits per heavy atom. The molecule has 1 aromatic carbocycles. The third-order valence-corrected chi connectivity index (χ3v) is 3.50. The molecule has 2 rings (SSSR count). The van der Waals surface area contributed by atoms with E-state index < -0.39 is 5.60 Å². The molecule has 0 radical (unpaired) electrons. The maximum Gasteiger partial charge on any atom is 0.410 e. The molecule has 1 aromatic rings. The second-order valence-electron chi connectivity index (χ2n) is 7.06. The summed E-state index contributed by atoms with van der Waals surface area (Å²) in [6.07, 6.45) is 1.64. The van der Waals surface area contributed by atoms with Crippen LogP contribution in [-0.4, -0.2) is 35.8 Å². The summed E-state index contributed by atoms with van der Waals surface area (Å²) in [6.45, 7) is 11.1. The molecule has 0 saturated carbocycles. The lowest BCUT2D eigenvalue weighted by Gasteiger charge is -2.26. The Bertz CT molecular complexity index is 532. The molecule has 0 saturated heterocycles. The van der Waals surface area contributed by atoms with Crippen LogP contribution in [0.4, 0.5) is 4.79 Å². The molecule has 4 heteroatoms. The number of ether oxygens (including phenoxy) is 2. The Morgan fingerprint density at radius 2 is 1.77 bits per heavy atom. The van der Waals surface area contributed by atoms with Crippen molar-refractivity contribution in [1.82, 2.24) is 4.90 Å². The zero-order valence-corrected chi connectivity index (χ0v) is 14.3. The van der Waals surface area contributed by atoms with Crippen molar-refractivity contribution in [2.24, 2.45) is 0 Å². The number of carbonyl (C=O) groups excluding carboxylic acids is 1. The summed E-state index contributed by atoms with van der Waals surface area (Å²) in [6, 6.07) is 6.24. The molecule has 0 atom stereocenters. The molecular formula is C18H27NO3. The third-order valence-electron chi connectivity index (χ3n) is 3.50. The second-order valence-corrected chi connectivity index (χ2v) is 7.06. The molecule has 1 heterocycles. The molecule has 0 spiro atoms. The number of amides is 1. The van der Waals surface area contributed by atoms with Gasteiger partial charge >= 0.3 is 6.09 Å². The molecule has 1 amide bonds. The van der Waals surface area contributed by atoms with Gasteiger partial charge in [0.25, 0.3) is 0 Å². The minimum absolute atomic E-state index is 0.169.